The van der Waals surface area contributed by atoms with Crippen molar-refractivity contribution >= 4 is 50.7 Å². The van der Waals surface area contributed by atoms with Crippen molar-refractivity contribution in [1.29, 1.82) is 0 Å². The number of thiazole rings is 1. The molecule has 0 spiro atoms. The lowest BCUT2D eigenvalue weighted by Gasteiger charge is -2.25. The Bertz CT molecular complexity index is 1090. The van der Waals surface area contributed by atoms with E-state index in [1.807, 2.05) is 38.1 Å². The molecule has 2 aromatic carbocycles. The zero-order valence-corrected chi connectivity index (χ0v) is 20.6. The van der Waals surface area contributed by atoms with Crippen molar-refractivity contribution in [1.82, 2.24) is 9.88 Å². The Hall–Kier alpha value is -2.95. The van der Waals surface area contributed by atoms with Crippen LogP contribution in [-0.4, -0.2) is 61.1 Å². The number of likely N-dealkylation sites (N-methyl/N-ethyl adjacent to an activating group) is 1. The van der Waals surface area contributed by atoms with E-state index >= 15 is 0 Å². The first-order valence-corrected chi connectivity index (χ1v) is 11.0. The van der Waals surface area contributed by atoms with Crippen molar-refractivity contribution in [2.75, 3.05) is 45.3 Å². The fraction of sp³-hybridized carbons (Fsp3) is 0.364. The van der Waals surface area contributed by atoms with Gasteiger partial charge in [-0.05, 0) is 25.2 Å². The predicted octanol–water partition coefficient (Wildman–Crippen LogP) is 4.63. The van der Waals surface area contributed by atoms with Crippen LogP contribution in [0.1, 0.15) is 24.2 Å². The maximum absolute atomic E-state index is 13.7. The van der Waals surface area contributed by atoms with E-state index in [-0.39, 0.29) is 35.2 Å². The molecule has 3 aromatic rings. The summed E-state index contributed by atoms with van der Waals surface area (Å²) in [6.07, 6.45) is 0. The van der Waals surface area contributed by atoms with Crippen molar-refractivity contribution in [2.24, 2.45) is 0 Å². The molecule has 0 bridgehead atoms. The molecule has 0 fully saturated rings. The number of ether oxygens (including phenoxy) is 2. The highest BCUT2D eigenvalue weighted by atomic mass is 35.5. The molecule has 3 rings (SSSR count). The number of nitrogens with zero attached hydrogens (tertiary/aromatic N) is 4. The van der Waals surface area contributed by atoms with E-state index in [0.29, 0.717) is 18.2 Å². The third-order valence-electron chi connectivity index (χ3n) is 5.22. The standard InChI is InChI=1S/C22H26N4O5S.ClH/c1-5-24(6-2)11-12-25(22-23-16-9-7-8-10-20(16)32-22)21(27)15-13-18(30-3)19(31-4)14-17(15)26(28)29;/h7-10,13-14H,5-6,11-12H2,1-4H3;1H. The van der Waals surface area contributed by atoms with Crippen LogP contribution in [0.4, 0.5) is 10.8 Å². The molecule has 0 saturated carbocycles. The number of nitro benzene ring substituents is 1. The van der Waals surface area contributed by atoms with E-state index < -0.39 is 10.8 Å². The second-order valence-electron chi connectivity index (χ2n) is 6.93. The van der Waals surface area contributed by atoms with Crippen LogP contribution in [-0.2, 0) is 0 Å². The Morgan fingerprint density at radius 2 is 1.73 bits per heavy atom. The lowest BCUT2D eigenvalue weighted by atomic mass is 10.1. The molecular weight excluding hydrogens is 468 g/mol. The Morgan fingerprint density at radius 3 is 2.30 bits per heavy atom. The maximum atomic E-state index is 13.7. The molecule has 9 nitrogen and oxygen atoms in total. The fourth-order valence-electron chi connectivity index (χ4n) is 3.38. The van der Waals surface area contributed by atoms with Crippen LogP contribution < -0.4 is 14.4 Å². The van der Waals surface area contributed by atoms with Gasteiger partial charge in [0.2, 0.25) is 0 Å². The van der Waals surface area contributed by atoms with Gasteiger partial charge in [0.15, 0.2) is 16.6 Å². The second kappa shape index (κ2) is 11.8. The molecule has 1 heterocycles. The molecule has 0 aliphatic rings. The van der Waals surface area contributed by atoms with Crippen molar-refractivity contribution in [2.45, 2.75) is 13.8 Å². The van der Waals surface area contributed by atoms with E-state index in [4.69, 9.17) is 9.47 Å². The molecule has 0 radical (unpaired) electrons. The van der Waals surface area contributed by atoms with Crippen molar-refractivity contribution < 1.29 is 19.2 Å². The van der Waals surface area contributed by atoms with Crippen LogP contribution in [0.2, 0.25) is 0 Å². The smallest absolute Gasteiger partial charge is 0.286 e. The summed E-state index contributed by atoms with van der Waals surface area (Å²) in [4.78, 5) is 33.2. The number of carbonyl (C=O) groups is 1. The summed E-state index contributed by atoms with van der Waals surface area (Å²) in [6, 6.07) is 10.2. The summed E-state index contributed by atoms with van der Waals surface area (Å²) in [5.41, 5.74) is 0.350. The van der Waals surface area contributed by atoms with Gasteiger partial charge in [-0.2, -0.15) is 0 Å². The first-order valence-electron chi connectivity index (χ1n) is 10.2. The molecule has 0 saturated heterocycles. The van der Waals surface area contributed by atoms with E-state index in [1.165, 1.54) is 42.6 Å². The van der Waals surface area contributed by atoms with E-state index in [0.717, 1.165) is 23.3 Å². The third-order valence-corrected chi connectivity index (χ3v) is 6.28. The predicted molar refractivity (Wildman–Crippen MR) is 133 cm³/mol. The Kier molecular flexibility index (Phi) is 9.39. The fourth-order valence-corrected chi connectivity index (χ4v) is 4.37. The number of benzene rings is 2. The van der Waals surface area contributed by atoms with Gasteiger partial charge in [-0.15, -0.1) is 12.4 Å². The van der Waals surface area contributed by atoms with Gasteiger partial charge >= 0.3 is 0 Å². The monoisotopic (exact) mass is 494 g/mol. The number of halogens is 1. The number of para-hydroxylation sites is 1. The van der Waals surface area contributed by atoms with Gasteiger partial charge in [-0.25, -0.2) is 4.98 Å². The van der Waals surface area contributed by atoms with Crippen LogP contribution >= 0.6 is 23.7 Å². The average Bonchev–Trinajstić information content (AvgIpc) is 3.24. The summed E-state index contributed by atoms with van der Waals surface area (Å²) in [5, 5.41) is 12.3. The number of rotatable bonds is 10. The van der Waals surface area contributed by atoms with Gasteiger partial charge in [0.05, 0.1) is 35.4 Å². The Labute approximate surface area is 202 Å². The summed E-state index contributed by atoms with van der Waals surface area (Å²) in [6.45, 7) is 6.70. The van der Waals surface area contributed by atoms with E-state index in [9.17, 15) is 14.9 Å². The Balaban J connectivity index is 0.00000385. The number of fused-ring (bicyclic) bond motifs is 1. The number of aromatic nitrogens is 1. The molecule has 0 aliphatic heterocycles. The van der Waals surface area contributed by atoms with Gasteiger partial charge in [-0.3, -0.25) is 19.8 Å². The lowest BCUT2D eigenvalue weighted by Crippen LogP contribution is -2.39. The molecule has 0 aliphatic carbocycles. The normalized spacial score (nSPS) is 10.7. The second-order valence-corrected chi connectivity index (χ2v) is 7.94. The number of nitro groups is 1. The number of hydrogen-bond acceptors (Lipinski definition) is 8. The van der Waals surface area contributed by atoms with Gasteiger partial charge in [0.1, 0.15) is 5.56 Å². The quantitative estimate of drug-likeness (QED) is 0.299. The molecular formula is C22H27ClN4O5S. The molecule has 33 heavy (non-hydrogen) atoms. The van der Waals surface area contributed by atoms with Crippen LogP contribution in [0.15, 0.2) is 36.4 Å². The van der Waals surface area contributed by atoms with Gasteiger partial charge < -0.3 is 14.4 Å². The topological polar surface area (TPSA) is 98.0 Å². The SMILES string of the molecule is CCN(CC)CCN(C(=O)c1cc(OC)c(OC)cc1[N+](=O)[O-])c1nc2ccccc2s1.Cl. The van der Waals surface area contributed by atoms with Crippen molar-refractivity contribution in [3.8, 4) is 11.5 Å². The summed E-state index contributed by atoms with van der Waals surface area (Å²) >= 11 is 1.38. The summed E-state index contributed by atoms with van der Waals surface area (Å²) < 4.78 is 11.4. The highest BCUT2D eigenvalue weighted by Gasteiger charge is 2.30. The number of anilines is 1. The summed E-state index contributed by atoms with van der Waals surface area (Å²) in [7, 11) is 2.81. The summed E-state index contributed by atoms with van der Waals surface area (Å²) in [5.74, 6) is -0.0799. The Morgan fingerprint density at radius 1 is 1.09 bits per heavy atom. The molecule has 11 heteroatoms. The maximum Gasteiger partial charge on any atom is 0.286 e. The highest BCUT2D eigenvalue weighted by molar-refractivity contribution is 7.22. The van der Waals surface area contributed by atoms with Crippen LogP contribution in [0.25, 0.3) is 10.2 Å². The minimum absolute atomic E-state index is 0. The van der Waals surface area contributed by atoms with Gasteiger partial charge in [-0.1, -0.05) is 37.3 Å². The number of carbonyl (C=O) groups excluding carboxylic acids is 1. The molecule has 178 valence electrons. The number of methoxy groups -OCH3 is 2. The van der Waals surface area contributed by atoms with Crippen molar-refractivity contribution in [3.05, 3.63) is 52.1 Å². The minimum atomic E-state index is -0.587. The van der Waals surface area contributed by atoms with E-state index in [2.05, 4.69) is 9.88 Å². The zero-order valence-electron chi connectivity index (χ0n) is 18.9. The van der Waals surface area contributed by atoms with E-state index in [1.54, 1.807) is 0 Å². The van der Waals surface area contributed by atoms with Gasteiger partial charge in [0, 0.05) is 19.2 Å². The minimum Gasteiger partial charge on any atom is -0.493 e. The lowest BCUT2D eigenvalue weighted by molar-refractivity contribution is -0.385. The third kappa shape index (κ3) is 5.70. The molecule has 0 N–H and O–H groups in total. The van der Waals surface area contributed by atoms with Crippen LogP contribution in [0.3, 0.4) is 0 Å². The van der Waals surface area contributed by atoms with Crippen molar-refractivity contribution in [3.63, 3.8) is 0 Å². The highest BCUT2D eigenvalue weighted by Crippen LogP contribution is 2.36. The first-order chi connectivity index (χ1) is 15.4. The van der Waals surface area contributed by atoms with Gasteiger partial charge in [0.25, 0.3) is 11.6 Å². The zero-order chi connectivity index (χ0) is 23.3. The molecule has 1 aromatic heterocycles. The van der Waals surface area contributed by atoms with Crippen LogP contribution in [0, 0.1) is 10.1 Å². The molecule has 0 atom stereocenters. The number of hydrogen-bond donors (Lipinski definition) is 0. The number of amides is 1. The van der Waals surface area contributed by atoms with Crippen LogP contribution in [0.5, 0.6) is 11.5 Å². The first kappa shape index (κ1) is 26.3. The average molecular weight is 495 g/mol. The largest absolute Gasteiger partial charge is 0.493 e. The molecule has 0 unspecified atom stereocenters. The molecule has 1 amide bonds.